The first-order valence-electron chi connectivity index (χ1n) is 8.24. The van der Waals surface area contributed by atoms with Crippen molar-refractivity contribution in [3.63, 3.8) is 0 Å². The highest BCUT2D eigenvalue weighted by molar-refractivity contribution is 5.87. The highest BCUT2D eigenvalue weighted by Gasteiger charge is 2.31. The van der Waals surface area contributed by atoms with Gasteiger partial charge in [0.25, 0.3) is 0 Å². The van der Waals surface area contributed by atoms with Crippen molar-refractivity contribution in [2.24, 2.45) is 7.05 Å². The van der Waals surface area contributed by atoms with Crippen LogP contribution in [0.15, 0.2) is 42.5 Å². The van der Waals surface area contributed by atoms with Crippen molar-refractivity contribution < 1.29 is 9.84 Å². The number of aromatic nitrogens is 1. The summed E-state index contributed by atoms with van der Waals surface area (Å²) >= 11 is 0. The van der Waals surface area contributed by atoms with E-state index in [0.717, 1.165) is 18.7 Å². The molecule has 24 heavy (non-hydrogen) atoms. The molecule has 0 saturated carbocycles. The third-order valence-electron chi connectivity index (χ3n) is 5.18. The van der Waals surface area contributed by atoms with Gasteiger partial charge in [0, 0.05) is 30.2 Å². The summed E-state index contributed by atoms with van der Waals surface area (Å²) in [6.07, 6.45) is 0.999. The first-order valence-corrected chi connectivity index (χ1v) is 8.24. The predicted molar refractivity (Wildman–Crippen MR) is 95.8 cm³/mol. The number of hydrogen-bond donors (Lipinski definition) is 1. The molecule has 4 rings (SSSR count). The van der Waals surface area contributed by atoms with Gasteiger partial charge < -0.3 is 14.4 Å². The third-order valence-corrected chi connectivity index (χ3v) is 5.18. The Morgan fingerprint density at radius 2 is 1.83 bits per heavy atom. The van der Waals surface area contributed by atoms with Crippen molar-refractivity contribution >= 4 is 10.9 Å². The molecule has 0 fully saturated rings. The van der Waals surface area contributed by atoms with Gasteiger partial charge in [-0.1, -0.05) is 12.1 Å². The molecule has 1 N–H and O–H groups in total. The van der Waals surface area contributed by atoms with Gasteiger partial charge in [0.15, 0.2) is 0 Å². The maximum Gasteiger partial charge on any atom is 0.118 e. The molecule has 0 saturated heterocycles. The molecule has 4 heteroatoms. The van der Waals surface area contributed by atoms with Crippen LogP contribution in [0.4, 0.5) is 0 Å². The zero-order valence-electron chi connectivity index (χ0n) is 14.3. The number of nitrogens with zero attached hydrogens (tertiary/aromatic N) is 2. The molecule has 1 aromatic heterocycles. The monoisotopic (exact) mass is 322 g/mol. The molecule has 2 aromatic carbocycles. The second-order valence-electron chi connectivity index (χ2n) is 6.53. The molecule has 0 radical (unpaired) electrons. The maximum atomic E-state index is 9.90. The van der Waals surface area contributed by atoms with E-state index < -0.39 is 0 Å². The summed E-state index contributed by atoms with van der Waals surface area (Å²) in [5.74, 6) is 1.20. The van der Waals surface area contributed by atoms with E-state index >= 15 is 0 Å². The van der Waals surface area contributed by atoms with E-state index in [1.165, 1.54) is 27.7 Å². The normalized spacial score (nSPS) is 17.9. The second-order valence-corrected chi connectivity index (χ2v) is 6.53. The quantitative estimate of drug-likeness (QED) is 0.785. The maximum absolute atomic E-state index is 9.90. The Balaban J connectivity index is 1.92. The average molecular weight is 322 g/mol. The number of aromatic hydroxyl groups is 1. The zero-order valence-corrected chi connectivity index (χ0v) is 14.3. The van der Waals surface area contributed by atoms with E-state index in [-0.39, 0.29) is 6.04 Å². The molecule has 0 amide bonds. The lowest BCUT2D eigenvalue weighted by molar-refractivity contribution is 0.257. The van der Waals surface area contributed by atoms with E-state index in [4.69, 9.17) is 4.74 Å². The minimum absolute atomic E-state index is 0.208. The molecule has 1 atom stereocenters. The number of fused-ring (bicyclic) bond motifs is 3. The number of ether oxygens (including phenoxy) is 1. The Kier molecular flexibility index (Phi) is 3.50. The second kappa shape index (κ2) is 5.56. The van der Waals surface area contributed by atoms with Gasteiger partial charge in [0.1, 0.15) is 11.5 Å². The van der Waals surface area contributed by atoms with Crippen molar-refractivity contribution in [3.05, 3.63) is 59.3 Å². The summed E-state index contributed by atoms with van der Waals surface area (Å²) in [5.41, 5.74) is 5.10. The fraction of sp³-hybridized carbons (Fsp3) is 0.300. The molecule has 3 aromatic rings. The van der Waals surface area contributed by atoms with Crippen LogP contribution < -0.4 is 4.74 Å². The molecule has 1 unspecified atom stereocenters. The summed E-state index contributed by atoms with van der Waals surface area (Å²) in [4.78, 5) is 2.39. The number of likely N-dealkylation sites (N-methyl/N-ethyl adjacent to an activating group) is 1. The van der Waals surface area contributed by atoms with E-state index in [1.807, 2.05) is 24.3 Å². The molecule has 0 bridgehead atoms. The van der Waals surface area contributed by atoms with Gasteiger partial charge in [-0.25, -0.2) is 0 Å². The van der Waals surface area contributed by atoms with Crippen LogP contribution in [0.1, 0.15) is 22.9 Å². The highest BCUT2D eigenvalue weighted by atomic mass is 16.5. The molecular weight excluding hydrogens is 300 g/mol. The van der Waals surface area contributed by atoms with Crippen molar-refractivity contribution in [3.8, 4) is 11.5 Å². The van der Waals surface area contributed by atoms with Gasteiger partial charge in [-0.15, -0.1) is 0 Å². The van der Waals surface area contributed by atoms with Crippen LogP contribution in [0.5, 0.6) is 11.5 Å². The fourth-order valence-electron chi connectivity index (χ4n) is 3.96. The standard InChI is InChI=1S/C20H22N2O2/c1-21-11-10-16-17-12-14(23)6-9-18(17)22(2)20(16)19(21)13-4-7-15(24-3)8-5-13/h4-9,12,19,23H,10-11H2,1-3H3. The third kappa shape index (κ3) is 2.18. The van der Waals surface area contributed by atoms with Crippen LogP contribution in [-0.2, 0) is 13.5 Å². The van der Waals surface area contributed by atoms with Gasteiger partial charge >= 0.3 is 0 Å². The van der Waals surface area contributed by atoms with Crippen LogP contribution in [0, 0.1) is 0 Å². The number of phenolic OH excluding ortho intramolecular Hbond substituents is 1. The van der Waals surface area contributed by atoms with Gasteiger partial charge in [-0.05, 0) is 54.9 Å². The molecule has 1 aliphatic heterocycles. The van der Waals surface area contributed by atoms with Crippen molar-refractivity contribution in [1.82, 2.24) is 9.47 Å². The predicted octanol–water partition coefficient (Wildman–Crippen LogP) is 3.47. The number of benzene rings is 2. The zero-order chi connectivity index (χ0) is 16.8. The van der Waals surface area contributed by atoms with Crippen molar-refractivity contribution in [2.75, 3.05) is 20.7 Å². The number of methoxy groups -OCH3 is 1. The minimum Gasteiger partial charge on any atom is -0.508 e. The Morgan fingerprint density at radius 1 is 1.08 bits per heavy atom. The molecule has 1 aliphatic rings. The van der Waals surface area contributed by atoms with Gasteiger partial charge in [-0.3, -0.25) is 4.90 Å². The summed E-state index contributed by atoms with van der Waals surface area (Å²) < 4.78 is 7.56. The number of aryl methyl sites for hydroxylation is 1. The van der Waals surface area contributed by atoms with Crippen LogP contribution >= 0.6 is 0 Å². The Morgan fingerprint density at radius 3 is 2.54 bits per heavy atom. The summed E-state index contributed by atoms with van der Waals surface area (Å²) in [6.45, 7) is 0.998. The Hall–Kier alpha value is -2.46. The number of rotatable bonds is 2. The van der Waals surface area contributed by atoms with Crippen LogP contribution in [-0.4, -0.2) is 35.3 Å². The minimum atomic E-state index is 0.208. The van der Waals surface area contributed by atoms with E-state index in [9.17, 15) is 5.11 Å². The SMILES string of the molecule is COc1ccc(C2c3c(c4cc(O)ccc4n3C)CCN2C)cc1. The number of hydrogen-bond acceptors (Lipinski definition) is 3. The fourth-order valence-corrected chi connectivity index (χ4v) is 3.96. The molecule has 2 heterocycles. The molecule has 4 nitrogen and oxygen atoms in total. The first-order chi connectivity index (χ1) is 11.6. The lowest BCUT2D eigenvalue weighted by Gasteiger charge is -2.34. The van der Waals surface area contributed by atoms with E-state index in [2.05, 4.69) is 35.7 Å². The van der Waals surface area contributed by atoms with Crippen LogP contribution in [0.2, 0.25) is 0 Å². The van der Waals surface area contributed by atoms with Crippen molar-refractivity contribution in [2.45, 2.75) is 12.5 Å². The van der Waals surface area contributed by atoms with E-state index in [0.29, 0.717) is 5.75 Å². The van der Waals surface area contributed by atoms with Crippen LogP contribution in [0.3, 0.4) is 0 Å². The van der Waals surface area contributed by atoms with Gasteiger partial charge in [-0.2, -0.15) is 0 Å². The van der Waals surface area contributed by atoms with E-state index in [1.54, 1.807) is 13.2 Å². The molecule has 124 valence electrons. The number of phenols is 1. The highest BCUT2D eigenvalue weighted by Crippen LogP contribution is 2.40. The summed E-state index contributed by atoms with van der Waals surface area (Å²) in [6, 6.07) is 14.2. The summed E-state index contributed by atoms with van der Waals surface area (Å²) in [5, 5.41) is 11.1. The molecule has 0 spiro atoms. The lowest BCUT2D eigenvalue weighted by atomic mass is 9.92. The Labute approximate surface area is 141 Å². The topological polar surface area (TPSA) is 37.6 Å². The van der Waals surface area contributed by atoms with Gasteiger partial charge in [0.05, 0.1) is 13.2 Å². The van der Waals surface area contributed by atoms with Gasteiger partial charge in [0.2, 0.25) is 0 Å². The summed E-state index contributed by atoms with van der Waals surface area (Å²) in [7, 11) is 5.98. The average Bonchev–Trinajstić information content (AvgIpc) is 2.87. The molecular formula is C20H22N2O2. The molecule has 0 aliphatic carbocycles. The Bertz CT molecular complexity index is 896. The van der Waals surface area contributed by atoms with Crippen LogP contribution in [0.25, 0.3) is 10.9 Å². The smallest absolute Gasteiger partial charge is 0.118 e. The lowest BCUT2D eigenvalue weighted by Crippen LogP contribution is -2.33. The van der Waals surface area contributed by atoms with Crippen molar-refractivity contribution in [1.29, 1.82) is 0 Å². The first kappa shape index (κ1) is 15.1. The largest absolute Gasteiger partial charge is 0.508 e.